The molecule has 1 unspecified atom stereocenters. The highest BCUT2D eigenvalue weighted by molar-refractivity contribution is 9.09. The molecule has 3 aromatic rings. The molecule has 0 spiro atoms. The fourth-order valence-corrected chi connectivity index (χ4v) is 3.61. The van der Waals surface area contributed by atoms with Gasteiger partial charge in [-0.15, -0.1) is 6.42 Å². The molecule has 33 heavy (non-hydrogen) atoms. The maximum atomic E-state index is 13.1. The second-order valence-electron chi connectivity index (χ2n) is 7.21. The normalized spacial score (nSPS) is 12.6. The molecule has 0 radical (unpaired) electrons. The third kappa shape index (κ3) is 5.96. The van der Waals surface area contributed by atoms with Crippen molar-refractivity contribution in [2.24, 2.45) is 0 Å². The number of hydrogen-bond donors (Lipinski definition) is 0. The molecule has 170 valence electrons. The van der Waals surface area contributed by atoms with Crippen LogP contribution in [0.3, 0.4) is 0 Å². The summed E-state index contributed by atoms with van der Waals surface area (Å²) in [4.78, 5) is 38.7. The van der Waals surface area contributed by atoms with E-state index < -0.39 is 29.5 Å². The number of aryl methyl sites for hydroxylation is 1. The number of alkyl halides is 1. The highest BCUT2D eigenvalue weighted by atomic mass is 79.9. The van der Waals surface area contributed by atoms with Gasteiger partial charge in [0.2, 0.25) is 0 Å². The molecule has 0 amide bonds. The first kappa shape index (κ1) is 24.4. The van der Waals surface area contributed by atoms with Crippen molar-refractivity contribution in [3.05, 3.63) is 104 Å². The van der Waals surface area contributed by atoms with Gasteiger partial charge >= 0.3 is 5.69 Å². The van der Waals surface area contributed by atoms with Crippen LogP contribution in [-0.4, -0.2) is 33.1 Å². The van der Waals surface area contributed by atoms with Crippen molar-refractivity contribution in [1.82, 2.24) is 9.13 Å². The molecule has 0 saturated heterocycles. The molecule has 0 fully saturated rings. The minimum absolute atomic E-state index is 0.102. The average molecular weight is 511 g/mol. The summed E-state index contributed by atoms with van der Waals surface area (Å²) >= 11 is 3.33. The van der Waals surface area contributed by atoms with Crippen molar-refractivity contribution in [2.45, 2.75) is 25.9 Å². The second kappa shape index (κ2) is 11.6. The number of terminal acetylenes is 1. The molecule has 7 nitrogen and oxygen atoms in total. The molecule has 8 heteroatoms. The third-order valence-corrected chi connectivity index (χ3v) is 5.39. The Morgan fingerprint density at radius 2 is 1.73 bits per heavy atom. The van der Waals surface area contributed by atoms with Gasteiger partial charge in [-0.1, -0.05) is 70.4 Å². The first-order valence-electron chi connectivity index (χ1n) is 10.2. The van der Waals surface area contributed by atoms with Crippen LogP contribution >= 0.6 is 15.9 Å². The van der Waals surface area contributed by atoms with Crippen molar-refractivity contribution in [3.63, 3.8) is 0 Å². The van der Waals surface area contributed by atoms with Gasteiger partial charge in [-0.2, -0.15) is 4.57 Å². The van der Waals surface area contributed by atoms with Crippen molar-refractivity contribution in [1.29, 1.82) is 0 Å². The molecule has 2 aromatic carbocycles. The van der Waals surface area contributed by atoms with E-state index in [0.29, 0.717) is 11.2 Å². The molecule has 0 bridgehead atoms. The zero-order chi connectivity index (χ0) is 23.8. The number of rotatable bonds is 9. The van der Waals surface area contributed by atoms with Crippen molar-refractivity contribution < 1.29 is 14.3 Å². The summed E-state index contributed by atoms with van der Waals surface area (Å²) in [5, 5.41) is 0.195. The smallest absolute Gasteiger partial charge is 0.340 e. The summed E-state index contributed by atoms with van der Waals surface area (Å²) in [5.41, 5.74) is -0.0707. The number of halogens is 1. The van der Waals surface area contributed by atoms with Crippen LogP contribution < -0.4 is 11.2 Å². The maximum Gasteiger partial charge on any atom is 0.340 e. The molecule has 2 atom stereocenters. The topological polar surface area (TPSA) is 79.5 Å². The van der Waals surface area contributed by atoms with E-state index in [0.717, 1.165) is 5.56 Å². The van der Waals surface area contributed by atoms with E-state index in [1.165, 1.54) is 29.8 Å². The Morgan fingerprint density at radius 1 is 1.09 bits per heavy atom. The quantitative estimate of drug-likeness (QED) is 0.326. The summed E-state index contributed by atoms with van der Waals surface area (Å²) in [6.45, 7) is 1.99. The van der Waals surface area contributed by atoms with Crippen LogP contribution in [0.5, 0.6) is 0 Å². The highest BCUT2D eigenvalue weighted by Crippen LogP contribution is 2.14. The predicted molar refractivity (Wildman–Crippen MR) is 129 cm³/mol. The SMILES string of the molecule is C#C[C@H](COCc1ccccc1)OC(CBr)n1cc(C)c(=O)n(C(=O)c2ccccc2)c1=O. The molecule has 0 saturated carbocycles. The maximum absolute atomic E-state index is 13.1. The summed E-state index contributed by atoms with van der Waals surface area (Å²) in [7, 11) is 0. The zero-order valence-electron chi connectivity index (χ0n) is 18.0. The summed E-state index contributed by atoms with van der Waals surface area (Å²) in [6.07, 6.45) is 5.35. The monoisotopic (exact) mass is 510 g/mol. The van der Waals surface area contributed by atoms with Gasteiger partial charge in [-0.3, -0.25) is 14.2 Å². The summed E-state index contributed by atoms with van der Waals surface area (Å²) in [5.74, 6) is 1.80. The Kier molecular flexibility index (Phi) is 8.55. The molecule has 1 aromatic heterocycles. The standard InChI is InChI=1S/C25H23BrN2O5/c1-3-21(17-32-16-19-10-6-4-7-11-19)33-22(14-26)27-15-18(2)23(29)28(25(27)31)24(30)20-12-8-5-9-13-20/h1,4-13,15,21-22H,14,16-17H2,2H3/t21-,22?/m1/s1. The van der Waals surface area contributed by atoms with Crippen LogP contribution in [0, 0.1) is 19.3 Å². The van der Waals surface area contributed by atoms with Crippen LogP contribution in [0.2, 0.25) is 0 Å². The van der Waals surface area contributed by atoms with Gasteiger partial charge < -0.3 is 9.47 Å². The van der Waals surface area contributed by atoms with E-state index in [4.69, 9.17) is 15.9 Å². The van der Waals surface area contributed by atoms with Gasteiger partial charge in [0.25, 0.3) is 11.5 Å². The lowest BCUT2D eigenvalue weighted by Gasteiger charge is -2.23. The summed E-state index contributed by atoms with van der Waals surface area (Å²) < 4.78 is 13.4. The van der Waals surface area contributed by atoms with Gasteiger partial charge in [-0.25, -0.2) is 4.79 Å². The molecular formula is C25H23BrN2O5. The second-order valence-corrected chi connectivity index (χ2v) is 7.86. The molecule has 0 aliphatic rings. The Labute approximate surface area is 199 Å². The van der Waals surface area contributed by atoms with Crippen LogP contribution in [0.4, 0.5) is 0 Å². The predicted octanol–water partition coefficient (Wildman–Crippen LogP) is 3.14. The lowest BCUT2D eigenvalue weighted by atomic mass is 10.2. The van der Waals surface area contributed by atoms with E-state index in [1.54, 1.807) is 18.2 Å². The number of hydrogen-bond acceptors (Lipinski definition) is 5. The Bertz CT molecular complexity index is 1250. The summed E-state index contributed by atoms with van der Waals surface area (Å²) in [6, 6.07) is 17.7. The van der Waals surface area contributed by atoms with Gasteiger partial charge in [0, 0.05) is 22.7 Å². The molecule has 0 aliphatic carbocycles. The number of carbonyl (C=O) groups excluding carboxylic acids is 1. The van der Waals surface area contributed by atoms with Crippen LogP contribution in [0.15, 0.2) is 76.4 Å². The first-order valence-corrected chi connectivity index (χ1v) is 11.3. The van der Waals surface area contributed by atoms with Crippen LogP contribution in [-0.2, 0) is 16.1 Å². The minimum Gasteiger partial charge on any atom is -0.373 e. The number of ether oxygens (including phenoxy) is 2. The van der Waals surface area contributed by atoms with Gasteiger partial charge in [0.1, 0.15) is 12.3 Å². The van der Waals surface area contributed by atoms with Crippen molar-refractivity contribution in [2.75, 3.05) is 11.9 Å². The molecule has 3 rings (SSSR count). The number of aromatic nitrogens is 2. The van der Waals surface area contributed by atoms with Crippen LogP contribution in [0.1, 0.15) is 27.7 Å². The Hall–Kier alpha value is -3.25. The lowest BCUT2D eigenvalue weighted by Crippen LogP contribution is -2.46. The molecule has 1 heterocycles. The van der Waals surface area contributed by atoms with E-state index in [1.807, 2.05) is 30.3 Å². The molecule has 0 N–H and O–H groups in total. The average Bonchev–Trinajstić information content (AvgIpc) is 2.85. The first-order chi connectivity index (χ1) is 16.0. The number of carbonyl (C=O) groups is 1. The van der Waals surface area contributed by atoms with E-state index in [-0.39, 0.29) is 23.1 Å². The fraction of sp³-hybridized carbons (Fsp3) is 0.240. The van der Waals surface area contributed by atoms with E-state index in [9.17, 15) is 14.4 Å². The van der Waals surface area contributed by atoms with Gasteiger partial charge in [0.05, 0.1) is 13.2 Å². The number of nitrogens with zero attached hydrogens (tertiary/aromatic N) is 2. The van der Waals surface area contributed by atoms with E-state index >= 15 is 0 Å². The van der Waals surface area contributed by atoms with Gasteiger partial charge in [0.15, 0.2) is 0 Å². The minimum atomic E-state index is -0.868. The Morgan fingerprint density at radius 3 is 2.33 bits per heavy atom. The number of benzene rings is 2. The Balaban J connectivity index is 1.83. The van der Waals surface area contributed by atoms with Crippen molar-refractivity contribution >= 4 is 21.8 Å². The largest absolute Gasteiger partial charge is 0.373 e. The zero-order valence-corrected chi connectivity index (χ0v) is 19.6. The van der Waals surface area contributed by atoms with Crippen molar-refractivity contribution in [3.8, 4) is 12.3 Å². The fourth-order valence-electron chi connectivity index (χ4n) is 3.14. The highest BCUT2D eigenvalue weighted by Gasteiger charge is 2.23. The third-order valence-electron chi connectivity index (χ3n) is 4.84. The molecule has 0 aliphatic heterocycles. The van der Waals surface area contributed by atoms with Gasteiger partial charge in [-0.05, 0) is 24.6 Å². The van der Waals surface area contributed by atoms with Crippen LogP contribution in [0.25, 0.3) is 0 Å². The lowest BCUT2D eigenvalue weighted by molar-refractivity contribution is -0.0556. The molecular weight excluding hydrogens is 488 g/mol. The van der Waals surface area contributed by atoms with E-state index in [2.05, 4.69) is 21.9 Å².